The molecule has 7 heteroatoms. The second kappa shape index (κ2) is 7.65. The number of hydrogen-bond acceptors (Lipinski definition) is 6. The van der Waals surface area contributed by atoms with Gasteiger partial charge in [0.2, 0.25) is 0 Å². The van der Waals surface area contributed by atoms with E-state index in [9.17, 15) is 4.79 Å². The molecule has 4 heterocycles. The van der Waals surface area contributed by atoms with Crippen molar-refractivity contribution in [3.63, 3.8) is 0 Å². The van der Waals surface area contributed by atoms with E-state index in [2.05, 4.69) is 24.8 Å². The lowest BCUT2D eigenvalue weighted by Crippen LogP contribution is -2.36. The Labute approximate surface area is 157 Å². The van der Waals surface area contributed by atoms with Gasteiger partial charge in [0.15, 0.2) is 0 Å². The quantitative estimate of drug-likeness (QED) is 0.709. The first-order chi connectivity index (χ1) is 13.2. The lowest BCUT2D eigenvalue weighted by atomic mass is 9.96. The molecule has 3 aromatic rings. The molecule has 0 bridgehead atoms. The Morgan fingerprint density at radius 3 is 2.70 bits per heavy atom. The van der Waals surface area contributed by atoms with Crippen molar-refractivity contribution >= 4 is 5.82 Å². The van der Waals surface area contributed by atoms with Gasteiger partial charge in [0.25, 0.3) is 5.56 Å². The van der Waals surface area contributed by atoms with Crippen molar-refractivity contribution in [2.24, 2.45) is 5.92 Å². The van der Waals surface area contributed by atoms with E-state index in [1.807, 2.05) is 25.3 Å². The Morgan fingerprint density at radius 2 is 2.00 bits per heavy atom. The number of anilines is 1. The van der Waals surface area contributed by atoms with Gasteiger partial charge in [-0.1, -0.05) is 0 Å². The average Bonchev–Trinajstić information content (AvgIpc) is 2.71. The maximum absolute atomic E-state index is 12.5. The molecular formula is C20H22N6O. The van der Waals surface area contributed by atoms with E-state index in [0.717, 1.165) is 43.0 Å². The molecule has 0 saturated carbocycles. The smallest absolute Gasteiger partial charge is 0.253 e. The van der Waals surface area contributed by atoms with Gasteiger partial charge in [-0.3, -0.25) is 19.3 Å². The third-order valence-electron chi connectivity index (χ3n) is 4.97. The summed E-state index contributed by atoms with van der Waals surface area (Å²) in [6, 6.07) is 5.34. The highest BCUT2D eigenvalue weighted by molar-refractivity contribution is 5.56. The molecule has 0 aromatic carbocycles. The monoisotopic (exact) mass is 362 g/mol. The zero-order chi connectivity index (χ0) is 18.6. The van der Waals surface area contributed by atoms with Crippen LogP contribution in [0.2, 0.25) is 0 Å². The number of piperidine rings is 1. The maximum Gasteiger partial charge on any atom is 0.253 e. The second-order valence-corrected chi connectivity index (χ2v) is 6.96. The van der Waals surface area contributed by atoms with Crippen molar-refractivity contribution in [1.82, 2.24) is 24.5 Å². The molecule has 0 radical (unpaired) electrons. The van der Waals surface area contributed by atoms with Gasteiger partial charge in [0.1, 0.15) is 5.82 Å². The molecule has 27 heavy (non-hydrogen) atoms. The van der Waals surface area contributed by atoms with Gasteiger partial charge < -0.3 is 4.90 Å². The third-order valence-corrected chi connectivity index (χ3v) is 4.97. The fourth-order valence-electron chi connectivity index (χ4n) is 3.46. The Bertz CT molecular complexity index is 963. The summed E-state index contributed by atoms with van der Waals surface area (Å²) in [6.07, 6.45) is 10.7. The van der Waals surface area contributed by atoms with Crippen molar-refractivity contribution in [3.05, 3.63) is 65.4 Å². The SMILES string of the molecule is Cc1cncc(N2CCC(Cn3cnc(-c4cccnc4)cc3=O)CC2)n1. The van der Waals surface area contributed by atoms with E-state index in [1.165, 1.54) is 0 Å². The van der Waals surface area contributed by atoms with Crippen molar-refractivity contribution in [1.29, 1.82) is 0 Å². The average molecular weight is 362 g/mol. The minimum atomic E-state index is -0.0177. The number of nitrogens with zero attached hydrogens (tertiary/aromatic N) is 6. The summed E-state index contributed by atoms with van der Waals surface area (Å²) >= 11 is 0. The minimum absolute atomic E-state index is 0.0177. The predicted octanol–water partition coefficient (Wildman–Crippen LogP) is 2.32. The summed E-state index contributed by atoms with van der Waals surface area (Å²) in [7, 11) is 0. The Hall–Kier alpha value is -3.09. The second-order valence-electron chi connectivity index (χ2n) is 6.96. The fourth-order valence-corrected chi connectivity index (χ4v) is 3.46. The van der Waals surface area contributed by atoms with Crippen LogP contribution < -0.4 is 10.5 Å². The van der Waals surface area contributed by atoms with Crippen LogP contribution in [0.4, 0.5) is 5.82 Å². The highest BCUT2D eigenvalue weighted by Gasteiger charge is 2.21. The van der Waals surface area contributed by atoms with Gasteiger partial charge in [-0.05, 0) is 37.8 Å². The molecule has 0 amide bonds. The number of aryl methyl sites for hydroxylation is 1. The molecule has 0 atom stereocenters. The number of hydrogen-bond donors (Lipinski definition) is 0. The van der Waals surface area contributed by atoms with Gasteiger partial charge in [0.05, 0.1) is 23.9 Å². The molecule has 0 N–H and O–H groups in total. The van der Waals surface area contributed by atoms with Crippen molar-refractivity contribution < 1.29 is 0 Å². The van der Waals surface area contributed by atoms with Gasteiger partial charge in [-0.25, -0.2) is 9.97 Å². The summed E-state index contributed by atoms with van der Waals surface area (Å²) in [4.78, 5) is 32.1. The van der Waals surface area contributed by atoms with Crippen molar-refractivity contribution in [2.75, 3.05) is 18.0 Å². The number of aromatic nitrogens is 5. The predicted molar refractivity (Wildman–Crippen MR) is 103 cm³/mol. The van der Waals surface area contributed by atoms with E-state index in [0.29, 0.717) is 18.2 Å². The third kappa shape index (κ3) is 4.02. The summed E-state index contributed by atoms with van der Waals surface area (Å²) in [5.41, 5.74) is 2.43. The molecule has 3 aromatic heterocycles. The van der Waals surface area contributed by atoms with E-state index in [1.54, 1.807) is 35.6 Å². The first-order valence-electron chi connectivity index (χ1n) is 9.19. The summed E-state index contributed by atoms with van der Waals surface area (Å²) < 4.78 is 1.71. The first-order valence-corrected chi connectivity index (χ1v) is 9.19. The van der Waals surface area contributed by atoms with Gasteiger partial charge >= 0.3 is 0 Å². The fraction of sp³-hybridized carbons (Fsp3) is 0.350. The van der Waals surface area contributed by atoms with Crippen LogP contribution in [0.3, 0.4) is 0 Å². The zero-order valence-corrected chi connectivity index (χ0v) is 15.3. The molecule has 1 aliphatic heterocycles. The van der Waals surface area contributed by atoms with Crippen LogP contribution in [0.1, 0.15) is 18.5 Å². The largest absolute Gasteiger partial charge is 0.355 e. The lowest BCUT2D eigenvalue weighted by Gasteiger charge is -2.32. The van der Waals surface area contributed by atoms with Crippen LogP contribution in [0.15, 0.2) is 54.1 Å². The summed E-state index contributed by atoms with van der Waals surface area (Å²) in [5, 5.41) is 0. The van der Waals surface area contributed by atoms with Crippen LogP contribution >= 0.6 is 0 Å². The molecule has 1 aliphatic rings. The highest BCUT2D eigenvalue weighted by Crippen LogP contribution is 2.22. The first kappa shape index (κ1) is 17.3. The molecular weight excluding hydrogens is 340 g/mol. The molecule has 0 aliphatic carbocycles. The van der Waals surface area contributed by atoms with Crippen molar-refractivity contribution in [2.45, 2.75) is 26.3 Å². The van der Waals surface area contributed by atoms with E-state index in [-0.39, 0.29) is 5.56 Å². The minimum Gasteiger partial charge on any atom is -0.355 e. The zero-order valence-electron chi connectivity index (χ0n) is 15.3. The van der Waals surface area contributed by atoms with Crippen LogP contribution in [-0.2, 0) is 6.54 Å². The Morgan fingerprint density at radius 1 is 1.15 bits per heavy atom. The van der Waals surface area contributed by atoms with Crippen LogP contribution in [0.5, 0.6) is 0 Å². The van der Waals surface area contributed by atoms with Crippen LogP contribution in [-0.4, -0.2) is 37.6 Å². The van der Waals surface area contributed by atoms with E-state index < -0.39 is 0 Å². The van der Waals surface area contributed by atoms with Crippen molar-refractivity contribution in [3.8, 4) is 11.3 Å². The van der Waals surface area contributed by atoms with Gasteiger partial charge in [0, 0.05) is 49.9 Å². The normalized spacial score (nSPS) is 15.1. The van der Waals surface area contributed by atoms with Gasteiger partial charge in [-0.2, -0.15) is 0 Å². The maximum atomic E-state index is 12.5. The molecule has 7 nitrogen and oxygen atoms in total. The molecule has 1 fully saturated rings. The molecule has 1 saturated heterocycles. The Kier molecular flexibility index (Phi) is 4.91. The number of rotatable bonds is 4. The Balaban J connectivity index is 1.40. The van der Waals surface area contributed by atoms with E-state index >= 15 is 0 Å². The summed E-state index contributed by atoms with van der Waals surface area (Å²) in [5.74, 6) is 1.40. The van der Waals surface area contributed by atoms with Crippen LogP contribution in [0, 0.1) is 12.8 Å². The molecule has 0 spiro atoms. The lowest BCUT2D eigenvalue weighted by molar-refractivity contribution is 0.350. The van der Waals surface area contributed by atoms with Crippen LogP contribution in [0.25, 0.3) is 11.3 Å². The summed E-state index contributed by atoms with van der Waals surface area (Å²) in [6.45, 7) is 4.52. The standard InChI is InChI=1S/C20H22N6O/c1-15-10-22-12-19(24-15)25-7-4-16(5-8-25)13-26-14-23-18(9-20(26)27)17-3-2-6-21-11-17/h2-3,6,9-12,14,16H,4-5,7-8,13H2,1H3. The topological polar surface area (TPSA) is 76.8 Å². The molecule has 4 rings (SSSR count). The number of pyridine rings is 1. The van der Waals surface area contributed by atoms with E-state index in [4.69, 9.17) is 0 Å². The van der Waals surface area contributed by atoms with Gasteiger partial charge in [-0.15, -0.1) is 0 Å². The molecule has 138 valence electrons. The molecule has 0 unspecified atom stereocenters. The highest BCUT2D eigenvalue weighted by atomic mass is 16.1.